The number of aryl methyl sites for hydroxylation is 1. The molecule has 0 unspecified atom stereocenters. The molecule has 0 nitrogen and oxygen atoms in total. The van der Waals surface area contributed by atoms with Gasteiger partial charge in [-0.1, -0.05) is 73.3 Å². The summed E-state index contributed by atoms with van der Waals surface area (Å²) < 4.78 is 0. The van der Waals surface area contributed by atoms with Crippen LogP contribution in [0, 0.1) is 6.92 Å². The topological polar surface area (TPSA) is 0 Å². The molecule has 0 spiro atoms. The summed E-state index contributed by atoms with van der Waals surface area (Å²) in [4.78, 5) is 0. The van der Waals surface area contributed by atoms with E-state index in [-0.39, 0.29) is 0 Å². The lowest BCUT2D eigenvalue weighted by Crippen LogP contribution is -1.76. The Balaban J connectivity index is 0.000000134. The lowest BCUT2D eigenvalue weighted by molar-refractivity contribution is 1.31. The highest BCUT2D eigenvalue weighted by Gasteiger charge is 2.00. The minimum Gasteiger partial charge on any atom is -0.0985 e. The van der Waals surface area contributed by atoms with Crippen LogP contribution in [0.25, 0.3) is 12.2 Å². The van der Waals surface area contributed by atoms with Crippen LogP contribution in [-0.2, 0) is 6.42 Å². The molecule has 0 aromatic heterocycles. The first-order valence-electron chi connectivity index (χ1n) is 6.24. The molecule has 0 aliphatic heterocycles. The van der Waals surface area contributed by atoms with Crippen LogP contribution in [0.3, 0.4) is 0 Å². The number of benzene rings is 2. The molecule has 2 aromatic rings. The minimum atomic E-state index is 1.12. The molecule has 0 saturated carbocycles. The smallest absolute Gasteiger partial charge is 0.00882 e. The summed E-state index contributed by atoms with van der Waals surface area (Å²) in [6.07, 6.45) is 7.37. The van der Waals surface area contributed by atoms with Crippen molar-refractivity contribution in [3.63, 3.8) is 0 Å². The van der Waals surface area contributed by atoms with Gasteiger partial charge in [-0.05, 0) is 35.6 Å². The van der Waals surface area contributed by atoms with Gasteiger partial charge in [-0.2, -0.15) is 0 Å². The highest BCUT2D eigenvalue weighted by atomic mass is 14.0. The molecule has 0 radical (unpaired) electrons. The molecule has 3 rings (SSSR count). The zero-order valence-electron chi connectivity index (χ0n) is 10.8. The van der Waals surface area contributed by atoms with E-state index in [2.05, 4.69) is 62.1 Å². The Morgan fingerprint density at radius 3 is 2.39 bits per heavy atom. The van der Waals surface area contributed by atoms with Crippen LogP contribution >= 0.6 is 0 Å². The molecule has 0 heteroatoms. The molecule has 0 N–H and O–H groups in total. The third kappa shape index (κ3) is 2.98. The quantitative estimate of drug-likeness (QED) is 0.658. The molecular weight excluding hydrogens is 216 g/mol. The number of hydrogen-bond acceptors (Lipinski definition) is 0. The van der Waals surface area contributed by atoms with E-state index in [4.69, 9.17) is 0 Å². The van der Waals surface area contributed by atoms with Crippen LogP contribution < -0.4 is 0 Å². The van der Waals surface area contributed by atoms with Gasteiger partial charge in [0.15, 0.2) is 0 Å². The van der Waals surface area contributed by atoms with Crippen molar-refractivity contribution in [1.82, 2.24) is 0 Å². The first kappa shape index (κ1) is 12.4. The largest absolute Gasteiger partial charge is 0.0985 e. The second-order valence-electron chi connectivity index (χ2n) is 4.37. The van der Waals surface area contributed by atoms with Gasteiger partial charge in [-0.3, -0.25) is 0 Å². The molecular formula is C18H18. The minimum absolute atomic E-state index is 1.12. The Bertz CT molecular complexity index is 556. The summed E-state index contributed by atoms with van der Waals surface area (Å²) >= 11 is 0. The zero-order valence-corrected chi connectivity index (χ0v) is 10.8. The molecule has 0 heterocycles. The Hall–Kier alpha value is -2.08. The summed E-state index contributed by atoms with van der Waals surface area (Å²) in [6.45, 7) is 5.77. The van der Waals surface area contributed by atoms with Crippen LogP contribution in [-0.4, -0.2) is 0 Å². The van der Waals surface area contributed by atoms with Crippen molar-refractivity contribution in [1.29, 1.82) is 0 Å². The van der Waals surface area contributed by atoms with Crippen LogP contribution in [0.5, 0.6) is 0 Å². The first-order chi connectivity index (χ1) is 8.81. The predicted octanol–water partition coefficient (Wildman–Crippen LogP) is 4.89. The maximum absolute atomic E-state index is 3.69. The van der Waals surface area contributed by atoms with E-state index in [1.165, 1.54) is 22.3 Å². The van der Waals surface area contributed by atoms with Crippen molar-refractivity contribution in [3.05, 3.63) is 83.4 Å². The van der Waals surface area contributed by atoms with Gasteiger partial charge in [0.05, 0.1) is 0 Å². The molecule has 0 atom stereocenters. The van der Waals surface area contributed by atoms with Crippen LogP contribution in [0.1, 0.15) is 22.3 Å². The highest BCUT2D eigenvalue weighted by molar-refractivity contribution is 5.59. The average molecular weight is 234 g/mol. The van der Waals surface area contributed by atoms with Gasteiger partial charge in [-0.15, -0.1) is 0 Å². The van der Waals surface area contributed by atoms with Crippen LogP contribution in [0.4, 0.5) is 0 Å². The fraction of sp³-hybridized carbons (Fsp3) is 0.111. The summed E-state index contributed by atoms with van der Waals surface area (Å²) in [7, 11) is 0. The Kier molecular flexibility index (Phi) is 4.14. The lowest BCUT2D eigenvalue weighted by Gasteiger charge is -1.95. The summed E-state index contributed by atoms with van der Waals surface area (Å²) in [5.41, 5.74) is 5.35. The van der Waals surface area contributed by atoms with Gasteiger partial charge in [0.25, 0.3) is 0 Å². The van der Waals surface area contributed by atoms with Gasteiger partial charge in [0.2, 0.25) is 0 Å². The van der Waals surface area contributed by atoms with E-state index in [9.17, 15) is 0 Å². The van der Waals surface area contributed by atoms with Crippen molar-refractivity contribution in [2.24, 2.45) is 0 Å². The summed E-state index contributed by atoms with van der Waals surface area (Å²) in [5, 5.41) is 0. The average Bonchev–Trinajstić information content (AvgIpc) is 2.88. The van der Waals surface area contributed by atoms with E-state index < -0.39 is 0 Å². The van der Waals surface area contributed by atoms with Crippen molar-refractivity contribution in [3.8, 4) is 0 Å². The van der Waals surface area contributed by atoms with E-state index in [0.29, 0.717) is 0 Å². The summed E-state index contributed by atoms with van der Waals surface area (Å²) in [5.74, 6) is 0. The fourth-order valence-electron chi connectivity index (χ4n) is 2.01. The molecule has 1 aliphatic carbocycles. The van der Waals surface area contributed by atoms with Crippen LogP contribution in [0.2, 0.25) is 0 Å². The maximum atomic E-state index is 3.69. The third-order valence-electron chi connectivity index (χ3n) is 3.10. The lowest BCUT2D eigenvalue weighted by atomic mass is 10.1. The Morgan fingerprint density at radius 1 is 1.00 bits per heavy atom. The monoisotopic (exact) mass is 234 g/mol. The molecule has 0 bridgehead atoms. The SMILES string of the molecule is C1=Cc2ccccc2C1.C=Cc1ccccc1C. The van der Waals surface area contributed by atoms with Gasteiger partial charge in [0.1, 0.15) is 0 Å². The van der Waals surface area contributed by atoms with Crippen LogP contribution in [0.15, 0.2) is 61.2 Å². The van der Waals surface area contributed by atoms with Gasteiger partial charge in [0, 0.05) is 0 Å². The molecule has 2 aromatic carbocycles. The first-order valence-corrected chi connectivity index (χ1v) is 6.24. The Labute approximate surface area is 109 Å². The number of rotatable bonds is 1. The van der Waals surface area contributed by atoms with Crippen molar-refractivity contribution < 1.29 is 0 Å². The Morgan fingerprint density at radius 2 is 1.72 bits per heavy atom. The molecule has 0 fully saturated rings. The van der Waals surface area contributed by atoms with E-state index in [1.54, 1.807) is 0 Å². The van der Waals surface area contributed by atoms with E-state index in [0.717, 1.165) is 6.42 Å². The zero-order chi connectivity index (χ0) is 12.8. The second-order valence-corrected chi connectivity index (χ2v) is 4.37. The number of hydrogen-bond donors (Lipinski definition) is 0. The molecule has 0 amide bonds. The molecule has 0 saturated heterocycles. The van der Waals surface area contributed by atoms with Crippen molar-refractivity contribution >= 4 is 12.2 Å². The van der Waals surface area contributed by atoms with Gasteiger partial charge >= 0.3 is 0 Å². The fourth-order valence-corrected chi connectivity index (χ4v) is 2.01. The third-order valence-corrected chi connectivity index (χ3v) is 3.10. The van der Waals surface area contributed by atoms with Crippen molar-refractivity contribution in [2.45, 2.75) is 13.3 Å². The van der Waals surface area contributed by atoms with E-state index in [1.807, 2.05) is 18.2 Å². The van der Waals surface area contributed by atoms with Crippen molar-refractivity contribution in [2.75, 3.05) is 0 Å². The standard InChI is InChI=1S/C9H8.C9H10/c1-2-5-9-7-3-6-8(9)4-1;1-3-9-7-5-4-6-8(9)2/h1-6H,7H2;3-7H,1H2,2H3. The van der Waals surface area contributed by atoms with E-state index >= 15 is 0 Å². The van der Waals surface area contributed by atoms with Gasteiger partial charge < -0.3 is 0 Å². The molecule has 18 heavy (non-hydrogen) atoms. The maximum Gasteiger partial charge on any atom is -0.00882 e. The summed E-state index contributed by atoms with van der Waals surface area (Å²) in [6, 6.07) is 16.7. The second kappa shape index (κ2) is 6.02. The molecule has 90 valence electrons. The number of allylic oxidation sites excluding steroid dienone is 1. The van der Waals surface area contributed by atoms with Gasteiger partial charge in [-0.25, -0.2) is 0 Å². The highest BCUT2D eigenvalue weighted by Crippen LogP contribution is 2.17. The number of fused-ring (bicyclic) bond motifs is 1. The predicted molar refractivity (Wildman–Crippen MR) is 80.5 cm³/mol. The molecule has 1 aliphatic rings. The normalized spacial score (nSPS) is 11.4.